The van der Waals surface area contributed by atoms with Gasteiger partial charge in [-0.2, -0.15) is 0 Å². The predicted molar refractivity (Wildman–Crippen MR) is 43.1 cm³/mol. The van der Waals surface area contributed by atoms with Crippen molar-refractivity contribution < 1.29 is 0 Å². The van der Waals surface area contributed by atoms with Gasteiger partial charge in [0.1, 0.15) is 0 Å². The molecular weight excluding hydrogens is 110 g/mol. The first-order valence-electron chi connectivity index (χ1n) is 3.47. The Morgan fingerprint density at radius 3 is 2.67 bits per heavy atom. The van der Waals surface area contributed by atoms with Gasteiger partial charge in [0.05, 0.1) is 0 Å². The SMILES string of the molecule is CCC/C=C/CC=NC. The van der Waals surface area contributed by atoms with Crippen LogP contribution in [0, 0.1) is 0 Å². The van der Waals surface area contributed by atoms with E-state index in [1.165, 1.54) is 12.8 Å². The number of allylic oxidation sites excluding steroid dienone is 2. The highest BCUT2D eigenvalue weighted by Gasteiger charge is 1.71. The molecule has 0 unspecified atom stereocenters. The van der Waals surface area contributed by atoms with E-state index in [-0.39, 0.29) is 0 Å². The lowest BCUT2D eigenvalue weighted by atomic mass is 10.3. The van der Waals surface area contributed by atoms with Crippen LogP contribution in [-0.2, 0) is 0 Å². The van der Waals surface area contributed by atoms with Crippen LogP contribution in [0.1, 0.15) is 26.2 Å². The van der Waals surface area contributed by atoms with Crippen molar-refractivity contribution in [3.8, 4) is 0 Å². The molecule has 0 heterocycles. The molecule has 0 aliphatic heterocycles. The highest BCUT2D eigenvalue weighted by atomic mass is 14.6. The minimum Gasteiger partial charge on any atom is -0.301 e. The molecule has 1 heteroatoms. The van der Waals surface area contributed by atoms with Crippen molar-refractivity contribution >= 4 is 6.21 Å². The Kier molecular flexibility index (Phi) is 6.92. The number of rotatable bonds is 4. The first-order chi connectivity index (χ1) is 4.41. The fraction of sp³-hybridized carbons (Fsp3) is 0.625. The summed E-state index contributed by atoms with van der Waals surface area (Å²) < 4.78 is 0. The predicted octanol–water partition coefficient (Wildman–Crippen LogP) is 2.43. The van der Waals surface area contributed by atoms with Gasteiger partial charge in [-0.05, 0) is 6.42 Å². The molecule has 52 valence electrons. The second-order valence-corrected chi connectivity index (χ2v) is 1.94. The Labute approximate surface area is 57.5 Å². The molecule has 0 aromatic rings. The number of hydrogen-bond acceptors (Lipinski definition) is 1. The van der Waals surface area contributed by atoms with E-state index in [0.717, 1.165) is 6.42 Å². The average Bonchev–Trinajstić information content (AvgIpc) is 1.89. The van der Waals surface area contributed by atoms with Gasteiger partial charge < -0.3 is 4.99 Å². The second kappa shape index (κ2) is 7.41. The summed E-state index contributed by atoms with van der Waals surface area (Å²) in [5, 5.41) is 0. The van der Waals surface area contributed by atoms with Gasteiger partial charge in [-0.1, -0.05) is 25.5 Å². The molecule has 0 atom stereocenters. The fourth-order valence-electron chi connectivity index (χ4n) is 0.547. The van der Waals surface area contributed by atoms with Crippen LogP contribution in [0.25, 0.3) is 0 Å². The van der Waals surface area contributed by atoms with Crippen LogP contribution >= 0.6 is 0 Å². The van der Waals surface area contributed by atoms with E-state index >= 15 is 0 Å². The first-order valence-corrected chi connectivity index (χ1v) is 3.47. The van der Waals surface area contributed by atoms with Crippen LogP contribution in [0.15, 0.2) is 17.1 Å². The zero-order chi connectivity index (χ0) is 6.95. The van der Waals surface area contributed by atoms with Gasteiger partial charge in [-0.15, -0.1) is 0 Å². The summed E-state index contributed by atoms with van der Waals surface area (Å²) in [5.74, 6) is 0. The number of unbranched alkanes of at least 4 members (excludes halogenated alkanes) is 1. The summed E-state index contributed by atoms with van der Waals surface area (Å²) in [6.07, 6.45) is 9.66. The van der Waals surface area contributed by atoms with Gasteiger partial charge in [0.2, 0.25) is 0 Å². The summed E-state index contributed by atoms with van der Waals surface area (Å²) in [4.78, 5) is 3.86. The lowest BCUT2D eigenvalue weighted by molar-refractivity contribution is 0.956. The lowest BCUT2D eigenvalue weighted by Gasteiger charge is -1.81. The Bertz CT molecular complexity index is 92.7. The number of hydrogen-bond donors (Lipinski definition) is 0. The molecule has 1 nitrogen and oxygen atoms in total. The highest BCUT2D eigenvalue weighted by molar-refractivity contribution is 5.58. The van der Waals surface area contributed by atoms with Crippen LogP contribution in [0.2, 0.25) is 0 Å². The molecule has 0 radical (unpaired) electrons. The molecule has 0 aliphatic rings. The molecule has 0 saturated heterocycles. The number of nitrogens with zero attached hydrogens (tertiary/aromatic N) is 1. The monoisotopic (exact) mass is 125 g/mol. The molecule has 9 heavy (non-hydrogen) atoms. The van der Waals surface area contributed by atoms with E-state index in [1.54, 1.807) is 7.05 Å². The van der Waals surface area contributed by atoms with Crippen LogP contribution < -0.4 is 0 Å². The second-order valence-electron chi connectivity index (χ2n) is 1.94. The molecule has 0 aromatic carbocycles. The molecule has 0 N–H and O–H groups in total. The third-order valence-electron chi connectivity index (χ3n) is 1.05. The topological polar surface area (TPSA) is 12.4 Å². The zero-order valence-electron chi connectivity index (χ0n) is 6.30. The molecule has 0 aliphatic carbocycles. The lowest BCUT2D eigenvalue weighted by Crippen LogP contribution is -1.68. The van der Waals surface area contributed by atoms with E-state index < -0.39 is 0 Å². The fourth-order valence-corrected chi connectivity index (χ4v) is 0.547. The maximum Gasteiger partial charge on any atom is 0.0273 e. The van der Waals surface area contributed by atoms with E-state index in [2.05, 4.69) is 24.1 Å². The standard InChI is InChI=1S/C8H15N/c1-3-4-5-6-7-8-9-2/h5-6,8H,3-4,7H2,1-2H3/b6-5+,9-8?. The van der Waals surface area contributed by atoms with Crippen molar-refractivity contribution in [2.45, 2.75) is 26.2 Å². The zero-order valence-corrected chi connectivity index (χ0v) is 6.30. The smallest absolute Gasteiger partial charge is 0.0273 e. The molecule has 0 rings (SSSR count). The molecule has 0 spiro atoms. The summed E-state index contributed by atoms with van der Waals surface area (Å²) in [6.45, 7) is 2.18. The van der Waals surface area contributed by atoms with Crippen LogP contribution in [-0.4, -0.2) is 13.3 Å². The molecular formula is C8H15N. The van der Waals surface area contributed by atoms with Gasteiger partial charge in [0.15, 0.2) is 0 Å². The average molecular weight is 125 g/mol. The minimum absolute atomic E-state index is 0.983. The summed E-state index contributed by atoms with van der Waals surface area (Å²) in [5.41, 5.74) is 0. The summed E-state index contributed by atoms with van der Waals surface area (Å²) in [6, 6.07) is 0. The summed E-state index contributed by atoms with van der Waals surface area (Å²) >= 11 is 0. The Hall–Kier alpha value is -0.590. The highest BCUT2D eigenvalue weighted by Crippen LogP contribution is 1.88. The van der Waals surface area contributed by atoms with Gasteiger partial charge in [-0.3, -0.25) is 0 Å². The molecule has 0 bridgehead atoms. The Balaban J connectivity index is 3.04. The minimum atomic E-state index is 0.983. The normalized spacial score (nSPS) is 11.8. The third-order valence-corrected chi connectivity index (χ3v) is 1.05. The van der Waals surface area contributed by atoms with E-state index in [0.29, 0.717) is 0 Å². The molecule has 0 saturated carbocycles. The van der Waals surface area contributed by atoms with Gasteiger partial charge in [0, 0.05) is 19.7 Å². The van der Waals surface area contributed by atoms with Gasteiger partial charge in [-0.25, -0.2) is 0 Å². The molecule has 0 aromatic heterocycles. The van der Waals surface area contributed by atoms with Crippen molar-refractivity contribution in [1.82, 2.24) is 0 Å². The first kappa shape index (κ1) is 8.41. The van der Waals surface area contributed by atoms with Crippen molar-refractivity contribution in [2.75, 3.05) is 7.05 Å². The summed E-state index contributed by atoms with van der Waals surface area (Å²) in [7, 11) is 1.80. The largest absolute Gasteiger partial charge is 0.301 e. The van der Waals surface area contributed by atoms with Crippen molar-refractivity contribution in [3.05, 3.63) is 12.2 Å². The van der Waals surface area contributed by atoms with Gasteiger partial charge >= 0.3 is 0 Å². The van der Waals surface area contributed by atoms with Crippen molar-refractivity contribution in [2.24, 2.45) is 4.99 Å². The quantitative estimate of drug-likeness (QED) is 0.404. The third kappa shape index (κ3) is 7.41. The van der Waals surface area contributed by atoms with Crippen molar-refractivity contribution in [1.29, 1.82) is 0 Å². The molecule has 0 amide bonds. The molecule has 0 fully saturated rings. The Morgan fingerprint density at radius 1 is 1.33 bits per heavy atom. The maximum atomic E-state index is 3.86. The van der Waals surface area contributed by atoms with Gasteiger partial charge in [0.25, 0.3) is 0 Å². The van der Waals surface area contributed by atoms with Crippen LogP contribution in [0.4, 0.5) is 0 Å². The number of aliphatic imine (C=N–C) groups is 1. The van der Waals surface area contributed by atoms with Crippen LogP contribution in [0.5, 0.6) is 0 Å². The van der Waals surface area contributed by atoms with E-state index in [1.807, 2.05) is 6.21 Å². The maximum absolute atomic E-state index is 3.86. The van der Waals surface area contributed by atoms with E-state index in [4.69, 9.17) is 0 Å². The Morgan fingerprint density at radius 2 is 2.11 bits per heavy atom. The van der Waals surface area contributed by atoms with E-state index in [9.17, 15) is 0 Å². The van der Waals surface area contributed by atoms with Crippen molar-refractivity contribution in [3.63, 3.8) is 0 Å². The van der Waals surface area contributed by atoms with Crippen LogP contribution in [0.3, 0.4) is 0 Å².